The van der Waals surface area contributed by atoms with Crippen LogP contribution in [0.4, 0.5) is 10.1 Å². The third kappa shape index (κ3) is 4.91. The Hall–Kier alpha value is -2.63. The number of aryl methyl sites for hydroxylation is 2. The van der Waals surface area contributed by atoms with E-state index in [4.69, 9.17) is 4.52 Å². The average molecular weight is 507 g/mol. The number of halogens is 1. The molecule has 1 aliphatic heterocycles. The minimum absolute atomic E-state index is 0.0778. The van der Waals surface area contributed by atoms with Crippen molar-refractivity contribution in [3.8, 4) is 10.7 Å². The summed E-state index contributed by atoms with van der Waals surface area (Å²) in [5.41, 5.74) is 0.898. The fourth-order valence-electron chi connectivity index (χ4n) is 3.81. The molecule has 0 unspecified atom stereocenters. The number of hydrogen-bond acceptors (Lipinski definition) is 7. The van der Waals surface area contributed by atoms with E-state index in [1.165, 1.54) is 21.7 Å². The number of piperidine rings is 1. The molecule has 11 heteroatoms. The van der Waals surface area contributed by atoms with Crippen molar-refractivity contribution < 1.29 is 22.1 Å². The third-order valence-electron chi connectivity index (χ3n) is 5.91. The normalized spacial score (nSPS) is 15.7. The standard InChI is InChI=1S/C23H27FN4O4S2/c1-13(2)23-26-21(27-32-23)19-12-20(15(4)33-19)34(30,31)28-9-7-16(8-10-28)22(29)25-17-6-5-14(3)18(24)11-17/h5-6,11-13,16H,7-10H2,1-4H3,(H,25,29). The van der Waals surface area contributed by atoms with Gasteiger partial charge in [-0.25, -0.2) is 12.8 Å². The van der Waals surface area contributed by atoms with E-state index >= 15 is 0 Å². The molecule has 0 saturated carbocycles. The van der Waals surface area contributed by atoms with E-state index < -0.39 is 10.0 Å². The van der Waals surface area contributed by atoms with Crippen LogP contribution in [0, 0.1) is 25.6 Å². The van der Waals surface area contributed by atoms with Crippen LogP contribution in [-0.4, -0.2) is 41.9 Å². The lowest BCUT2D eigenvalue weighted by molar-refractivity contribution is -0.120. The summed E-state index contributed by atoms with van der Waals surface area (Å²) in [5.74, 6) is -0.00374. The van der Waals surface area contributed by atoms with Gasteiger partial charge in [-0.05, 0) is 50.5 Å². The summed E-state index contributed by atoms with van der Waals surface area (Å²) in [6.45, 7) is 7.75. The molecule has 3 heterocycles. The van der Waals surface area contributed by atoms with E-state index in [0.29, 0.717) is 45.6 Å². The predicted molar refractivity (Wildman–Crippen MR) is 128 cm³/mol. The molecule has 1 aromatic carbocycles. The molecule has 0 aliphatic carbocycles. The van der Waals surface area contributed by atoms with Gasteiger partial charge in [-0.15, -0.1) is 11.3 Å². The quantitative estimate of drug-likeness (QED) is 0.519. The lowest BCUT2D eigenvalue weighted by Gasteiger charge is -2.30. The number of nitrogens with one attached hydrogen (secondary N) is 1. The molecule has 3 aromatic rings. The monoisotopic (exact) mass is 506 g/mol. The van der Waals surface area contributed by atoms with Gasteiger partial charge in [0.15, 0.2) is 0 Å². The Balaban J connectivity index is 1.43. The molecule has 0 spiro atoms. The molecule has 8 nitrogen and oxygen atoms in total. The molecule has 1 saturated heterocycles. The summed E-state index contributed by atoms with van der Waals surface area (Å²) in [6.07, 6.45) is 0.774. The Labute approximate surface area is 202 Å². The molecule has 182 valence electrons. The number of hydrogen-bond donors (Lipinski definition) is 1. The molecular formula is C23H27FN4O4S2. The lowest BCUT2D eigenvalue weighted by Crippen LogP contribution is -2.41. The maximum atomic E-state index is 13.8. The van der Waals surface area contributed by atoms with E-state index in [-0.39, 0.29) is 41.5 Å². The second-order valence-electron chi connectivity index (χ2n) is 8.77. The molecule has 0 radical (unpaired) electrons. The van der Waals surface area contributed by atoms with Crippen LogP contribution in [0.1, 0.15) is 48.9 Å². The number of rotatable bonds is 6. The van der Waals surface area contributed by atoms with Crippen LogP contribution >= 0.6 is 11.3 Å². The van der Waals surface area contributed by atoms with Gasteiger partial charge in [0.05, 0.1) is 9.77 Å². The Bertz CT molecular complexity index is 1310. The Morgan fingerprint density at radius 2 is 1.94 bits per heavy atom. The maximum Gasteiger partial charge on any atom is 0.244 e. The number of carbonyl (C=O) groups is 1. The average Bonchev–Trinajstić information content (AvgIpc) is 3.44. The highest BCUT2D eigenvalue weighted by Gasteiger charge is 2.34. The molecule has 0 atom stereocenters. The lowest BCUT2D eigenvalue weighted by atomic mass is 9.97. The van der Waals surface area contributed by atoms with Crippen molar-refractivity contribution in [3.63, 3.8) is 0 Å². The van der Waals surface area contributed by atoms with Crippen molar-refractivity contribution in [2.24, 2.45) is 5.92 Å². The number of anilines is 1. The first-order chi connectivity index (χ1) is 16.1. The topological polar surface area (TPSA) is 105 Å². The van der Waals surface area contributed by atoms with Gasteiger partial charge in [-0.3, -0.25) is 4.79 Å². The first-order valence-corrected chi connectivity index (χ1v) is 13.3. The second kappa shape index (κ2) is 9.55. The summed E-state index contributed by atoms with van der Waals surface area (Å²) < 4.78 is 47.1. The number of amides is 1. The van der Waals surface area contributed by atoms with Crippen LogP contribution in [0.3, 0.4) is 0 Å². The zero-order valence-electron chi connectivity index (χ0n) is 19.5. The smallest absolute Gasteiger partial charge is 0.244 e. The van der Waals surface area contributed by atoms with Gasteiger partial charge in [0.1, 0.15) is 5.82 Å². The van der Waals surface area contributed by atoms with Crippen molar-refractivity contribution in [1.29, 1.82) is 0 Å². The van der Waals surface area contributed by atoms with E-state index in [2.05, 4.69) is 15.5 Å². The SMILES string of the molecule is Cc1ccc(NC(=O)C2CCN(S(=O)(=O)c3cc(-c4noc(C(C)C)n4)sc3C)CC2)cc1F. The van der Waals surface area contributed by atoms with Gasteiger partial charge >= 0.3 is 0 Å². The van der Waals surface area contributed by atoms with Crippen molar-refractivity contribution in [2.75, 3.05) is 18.4 Å². The molecule has 0 bridgehead atoms. The van der Waals surface area contributed by atoms with Crippen LogP contribution in [-0.2, 0) is 14.8 Å². The molecule has 1 amide bonds. The van der Waals surface area contributed by atoms with Gasteiger partial charge < -0.3 is 9.84 Å². The summed E-state index contributed by atoms with van der Waals surface area (Å²) >= 11 is 1.31. The van der Waals surface area contributed by atoms with Gasteiger partial charge in [-0.2, -0.15) is 9.29 Å². The van der Waals surface area contributed by atoms with Crippen molar-refractivity contribution in [3.05, 3.63) is 46.4 Å². The highest BCUT2D eigenvalue weighted by molar-refractivity contribution is 7.89. The van der Waals surface area contributed by atoms with Gasteiger partial charge in [-0.1, -0.05) is 25.1 Å². The molecule has 1 fully saturated rings. The van der Waals surface area contributed by atoms with Gasteiger partial charge in [0, 0.05) is 35.5 Å². The van der Waals surface area contributed by atoms with Gasteiger partial charge in [0.25, 0.3) is 0 Å². The largest absolute Gasteiger partial charge is 0.339 e. The molecule has 4 rings (SSSR count). The van der Waals surface area contributed by atoms with Crippen LogP contribution in [0.5, 0.6) is 0 Å². The minimum Gasteiger partial charge on any atom is -0.339 e. The fourth-order valence-corrected chi connectivity index (χ4v) is 6.77. The Kier molecular flexibility index (Phi) is 6.88. The first kappa shape index (κ1) is 24.5. The molecule has 34 heavy (non-hydrogen) atoms. The van der Waals surface area contributed by atoms with E-state index in [9.17, 15) is 17.6 Å². The summed E-state index contributed by atoms with van der Waals surface area (Å²) in [6, 6.07) is 6.14. The van der Waals surface area contributed by atoms with Crippen LogP contribution in [0.2, 0.25) is 0 Å². The van der Waals surface area contributed by atoms with Crippen LogP contribution < -0.4 is 5.32 Å². The molecular weight excluding hydrogens is 479 g/mol. The summed E-state index contributed by atoms with van der Waals surface area (Å²) in [7, 11) is -3.73. The van der Waals surface area contributed by atoms with E-state index in [0.717, 1.165) is 0 Å². The third-order valence-corrected chi connectivity index (χ3v) is 9.11. The maximum absolute atomic E-state index is 13.8. The van der Waals surface area contributed by atoms with Gasteiger partial charge in [0.2, 0.25) is 27.6 Å². The van der Waals surface area contributed by atoms with Crippen molar-refractivity contribution in [1.82, 2.24) is 14.4 Å². The summed E-state index contributed by atoms with van der Waals surface area (Å²) in [4.78, 5) is 18.5. The Morgan fingerprint density at radius 1 is 1.24 bits per heavy atom. The second-order valence-corrected chi connectivity index (χ2v) is 11.9. The number of nitrogens with zero attached hydrogens (tertiary/aromatic N) is 3. The molecule has 1 aliphatic rings. The fraction of sp³-hybridized carbons (Fsp3) is 0.435. The zero-order chi connectivity index (χ0) is 24.6. The molecule has 1 N–H and O–H groups in total. The van der Waals surface area contributed by atoms with Crippen molar-refractivity contribution >= 4 is 33.0 Å². The number of sulfonamides is 1. The highest BCUT2D eigenvalue weighted by atomic mass is 32.2. The number of benzene rings is 1. The number of carbonyl (C=O) groups excluding carboxylic acids is 1. The summed E-state index contributed by atoms with van der Waals surface area (Å²) in [5, 5.41) is 6.72. The van der Waals surface area contributed by atoms with E-state index in [1.807, 2.05) is 13.8 Å². The van der Waals surface area contributed by atoms with E-state index in [1.54, 1.807) is 32.0 Å². The first-order valence-electron chi connectivity index (χ1n) is 11.1. The predicted octanol–water partition coefficient (Wildman–Crippen LogP) is 4.72. The zero-order valence-corrected chi connectivity index (χ0v) is 21.1. The highest BCUT2D eigenvalue weighted by Crippen LogP contribution is 2.35. The number of aromatic nitrogens is 2. The van der Waals surface area contributed by atoms with Crippen LogP contribution in [0.25, 0.3) is 10.7 Å². The molecule has 2 aromatic heterocycles. The Morgan fingerprint density at radius 3 is 2.56 bits per heavy atom. The number of thiophene rings is 1. The van der Waals surface area contributed by atoms with Crippen LogP contribution in [0.15, 0.2) is 33.7 Å². The van der Waals surface area contributed by atoms with Crippen molar-refractivity contribution in [2.45, 2.75) is 51.3 Å². The minimum atomic E-state index is -3.73.